The van der Waals surface area contributed by atoms with Crippen LogP contribution in [0.2, 0.25) is 0 Å². The lowest BCUT2D eigenvalue weighted by atomic mass is 9.88. The lowest BCUT2D eigenvalue weighted by Crippen LogP contribution is -2.56. The van der Waals surface area contributed by atoms with Crippen molar-refractivity contribution in [3.05, 3.63) is 0 Å². The van der Waals surface area contributed by atoms with Gasteiger partial charge in [-0.15, -0.1) is 0 Å². The van der Waals surface area contributed by atoms with Gasteiger partial charge in [0.2, 0.25) is 0 Å². The minimum absolute atomic E-state index is 0.292. The summed E-state index contributed by atoms with van der Waals surface area (Å²) in [7, 11) is 0. The molecule has 1 unspecified atom stereocenters. The van der Waals surface area contributed by atoms with Crippen LogP contribution in [0.1, 0.15) is 32.6 Å². The highest BCUT2D eigenvalue weighted by Crippen LogP contribution is 2.53. The first kappa shape index (κ1) is 22.2. The molecule has 12 heteroatoms. The largest absolute Gasteiger partial charge is 0.431 e. The Bertz CT molecular complexity index is 360. The Morgan fingerprint density at radius 1 is 0.696 bits per heavy atom. The summed E-state index contributed by atoms with van der Waals surface area (Å²) in [6.45, 7) is 1.15. The van der Waals surface area contributed by atoms with Gasteiger partial charge in [0, 0.05) is 6.42 Å². The summed E-state index contributed by atoms with van der Waals surface area (Å²) >= 11 is 0. The highest BCUT2D eigenvalue weighted by atomic mass is 19.4. The minimum atomic E-state index is -6.74. The van der Waals surface area contributed by atoms with Gasteiger partial charge in [0.05, 0.1) is 12.3 Å². The molecule has 0 rings (SSSR count). The molecular weight excluding hydrogens is 360 g/mol. The Morgan fingerprint density at radius 3 is 1.35 bits per heavy atom. The second-order valence-corrected chi connectivity index (χ2v) is 5.06. The van der Waals surface area contributed by atoms with Crippen LogP contribution in [0.25, 0.3) is 0 Å². The molecule has 0 radical (unpaired) electrons. The zero-order valence-electron chi connectivity index (χ0n) is 11.4. The van der Waals surface area contributed by atoms with Gasteiger partial charge in [-0.25, -0.2) is 13.2 Å². The first-order chi connectivity index (χ1) is 9.87. The van der Waals surface area contributed by atoms with E-state index >= 15 is 0 Å². The topological polar surface area (TPSA) is 0 Å². The Labute approximate surface area is 122 Å². The molecular formula is C11H12F12. The van der Waals surface area contributed by atoms with Crippen molar-refractivity contribution in [3.63, 3.8) is 0 Å². The van der Waals surface area contributed by atoms with Gasteiger partial charge >= 0.3 is 24.2 Å². The summed E-state index contributed by atoms with van der Waals surface area (Å²) in [4.78, 5) is 0. The maximum atomic E-state index is 13.3. The first-order valence-corrected chi connectivity index (χ1v) is 6.14. The van der Waals surface area contributed by atoms with E-state index in [1.807, 2.05) is 0 Å². The van der Waals surface area contributed by atoms with Gasteiger partial charge in [-0.1, -0.05) is 13.3 Å². The van der Waals surface area contributed by atoms with Crippen molar-refractivity contribution in [1.82, 2.24) is 0 Å². The Morgan fingerprint density at radius 2 is 1.09 bits per heavy atom. The molecule has 0 bridgehead atoms. The van der Waals surface area contributed by atoms with E-state index < -0.39 is 55.3 Å². The molecule has 0 heterocycles. The molecule has 0 aliphatic carbocycles. The SMILES string of the molecule is CCCC(CC(F)(F)CC(F)(C(F)(F)F)C(F)(F)F)C(F)(F)F. The fraction of sp³-hybridized carbons (Fsp3) is 1.00. The number of rotatable bonds is 6. The Balaban J connectivity index is 5.50. The van der Waals surface area contributed by atoms with Crippen LogP contribution in [0.15, 0.2) is 0 Å². The van der Waals surface area contributed by atoms with Crippen LogP contribution < -0.4 is 0 Å². The van der Waals surface area contributed by atoms with Crippen molar-refractivity contribution in [3.8, 4) is 0 Å². The smallest absolute Gasteiger partial charge is 0.223 e. The number of halogens is 12. The van der Waals surface area contributed by atoms with Crippen molar-refractivity contribution in [2.75, 3.05) is 0 Å². The van der Waals surface area contributed by atoms with E-state index in [-0.39, 0.29) is 6.42 Å². The summed E-state index contributed by atoms with van der Waals surface area (Å²) in [5, 5.41) is 0. The zero-order chi connectivity index (χ0) is 18.9. The summed E-state index contributed by atoms with van der Waals surface area (Å²) in [6.07, 6.45) is -25.8. The van der Waals surface area contributed by atoms with Gasteiger partial charge in [0.25, 0.3) is 5.92 Å². The summed E-state index contributed by atoms with van der Waals surface area (Å²) in [5.41, 5.74) is -6.30. The van der Waals surface area contributed by atoms with E-state index in [1.165, 1.54) is 0 Å². The Hall–Kier alpha value is -0.840. The van der Waals surface area contributed by atoms with Crippen molar-refractivity contribution in [2.45, 2.75) is 62.7 Å². The van der Waals surface area contributed by atoms with Crippen LogP contribution in [-0.4, -0.2) is 30.1 Å². The van der Waals surface area contributed by atoms with Crippen LogP contribution in [0.4, 0.5) is 52.7 Å². The van der Waals surface area contributed by atoms with Gasteiger partial charge in [-0.2, -0.15) is 39.5 Å². The standard InChI is InChI=1S/C11H12F12/c1-2-3-6(9(15,16)17)4-7(12,13)5-8(14,10(18,19)20)11(21,22)23/h6H,2-5H2,1H3. The minimum Gasteiger partial charge on any atom is -0.223 e. The Kier molecular flexibility index (Phi) is 6.34. The summed E-state index contributed by atoms with van der Waals surface area (Å²) in [5.74, 6) is -8.00. The van der Waals surface area contributed by atoms with Crippen molar-refractivity contribution < 1.29 is 52.7 Å². The van der Waals surface area contributed by atoms with E-state index in [1.54, 1.807) is 0 Å². The number of hydrogen-bond donors (Lipinski definition) is 0. The lowest BCUT2D eigenvalue weighted by molar-refractivity contribution is -0.355. The van der Waals surface area contributed by atoms with Gasteiger partial charge in [0.15, 0.2) is 0 Å². The molecule has 0 aliphatic rings. The van der Waals surface area contributed by atoms with Crippen LogP contribution in [-0.2, 0) is 0 Å². The van der Waals surface area contributed by atoms with Gasteiger partial charge in [0.1, 0.15) is 0 Å². The predicted octanol–water partition coefficient (Wildman–Crippen LogP) is 6.21. The quantitative estimate of drug-likeness (QED) is 0.486. The van der Waals surface area contributed by atoms with Crippen LogP contribution in [0.3, 0.4) is 0 Å². The van der Waals surface area contributed by atoms with E-state index in [9.17, 15) is 52.7 Å². The van der Waals surface area contributed by atoms with Crippen molar-refractivity contribution in [1.29, 1.82) is 0 Å². The second-order valence-electron chi connectivity index (χ2n) is 5.06. The van der Waals surface area contributed by atoms with Gasteiger partial charge in [-0.3, -0.25) is 0 Å². The zero-order valence-corrected chi connectivity index (χ0v) is 11.4. The predicted molar refractivity (Wildman–Crippen MR) is 54.6 cm³/mol. The fourth-order valence-electron chi connectivity index (χ4n) is 1.88. The monoisotopic (exact) mass is 372 g/mol. The average molecular weight is 372 g/mol. The summed E-state index contributed by atoms with van der Waals surface area (Å²) < 4.78 is 151. The van der Waals surface area contributed by atoms with E-state index in [2.05, 4.69) is 0 Å². The second kappa shape index (κ2) is 6.58. The molecule has 0 aromatic carbocycles. The maximum absolute atomic E-state index is 13.3. The highest BCUT2D eigenvalue weighted by molar-refractivity contribution is 4.98. The molecule has 23 heavy (non-hydrogen) atoms. The molecule has 0 N–H and O–H groups in total. The van der Waals surface area contributed by atoms with Crippen LogP contribution >= 0.6 is 0 Å². The molecule has 0 fully saturated rings. The van der Waals surface area contributed by atoms with Gasteiger partial charge in [-0.05, 0) is 6.42 Å². The normalized spacial score (nSPS) is 16.6. The average Bonchev–Trinajstić information content (AvgIpc) is 2.22. The van der Waals surface area contributed by atoms with E-state index in [4.69, 9.17) is 0 Å². The number of hydrogen-bond acceptors (Lipinski definition) is 0. The molecule has 1 atom stereocenters. The molecule has 140 valence electrons. The van der Waals surface area contributed by atoms with E-state index in [0.29, 0.717) is 0 Å². The third-order valence-electron chi connectivity index (χ3n) is 3.05. The maximum Gasteiger partial charge on any atom is 0.431 e. The van der Waals surface area contributed by atoms with Crippen LogP contribution in [0.5, 0.6) is 0 Å². The molecule has 0 nitrogen and oxygen atoms in total. The van der Waals surface area contributed by atoms with Crippen molar-refractivity contribution >= 4 is 0 Å². The third-order valence-corrected chi connectivity index (χ3v) is 3.05. The summed E-state index contributed by atoms with van der Waals surface area (Å²) in [6, 6.07) is 0. The van der Waals surface area contributed by atoms with Crippen molar-refractivity contribution in [2.24, 2.45) is 5.92 Å². The van der Waals surface area contributed by atoms with Crippen LogP contribution in [0, 0.1) is 5.92 Å². The molecule has 0 saturated carbocycles. The third kappa shape index (κ3) is 5.63. The van der Waals surface area contributed by atoms with Gasteiger partial charge < -0.3 is 0 Å². The molecule has 0 saturated heterocycles. The molecule has 0 amide bonds. The van der Waals surface area contributed by atoms with E-state index in [0.717, 1.165) is 6.92 Å². The first-order valence-electron chi connectivity index (χ1n) is 6.14. The molecule has 0 aliphatic heterocycles. The lowest BCUT2D eigenvalue weighted by Gasteiger charge is -2.34. The molecule has 0 aromatic rings. The highest BCUT2D eigenvalue weighted by Gasteiger charge is 2.75. The molecule has 0 spiro atoms. The molecule has 0 aromatic heterocycles. The number of alkyl halides is 12. The fourth-order valence-corrected chi connectivity index (χ4v) is 1.88.